The molecule has 0 atom stereocenters. The van der Waals surface area contributed by atoms with Gasteiger partial charge in [-0.15, -0.1) is 0 Å². The normalized spacial score (nSPS) is 11.8. The molecule has 0 N–H and O–H groups in total. The Balaban J connectivity index is 2.20. The molecule has 3 rings (SSSR count). The van der Waals surface area contributed by atoms with Crippen LogP contribution in [0.15, 0.2) is 60.7 Å². The molecule has 0 heterocycles. The maximum absolute atomic E-state index is 2.40. The second-order valence-corrected chi connectivity index (χ2v) is 9.63. The summed E-state index contributed by atoms with van der Waals surface area (Å²) >= 11 is 0. The first-order chi connectivity index (χ1) is 13.6. The highest BCUT2D eigenvalue weighted by atomic mass is 15.1. The number of hydrogen-bond donors (Lipinski definition) is 0. The summed E-state index contributed by atoms with van der Waals surface area (Å²) in [5.74, 6) is 0.534. The standard InChI is InChI=1S/C28H35N/c1-19(2)23-11-15-26(16-12-23)29(25-13-9-20(3)10-14-25)27-21(4)17-24(18-22(27)5)28(6,7)8/h9-19H,1-8H3. The predicted molar refractivity (Wildman–Crippen MR) is 128 cm³/mol. The number of nitrogens with zero attached hydrogens (tertiary/aromatic N) is 1. The lowest BCUT2D eigenvalue weighted by molar-refractivity contribution is 0.589. The van der Waals surface area contributed by atoms with E-state index in [0.717, 1.165) is 0 Å². The van der Waals surface area contributed by atoms with Crippen LogP contribution < -0.4 is 4.90 Å². The summed E-state index contributed by atoms with van der Waals surface area (Å²) in [7, 11) is 0. The highest BCUT2D eigenvalue weighted by Gasteiger charge is 2.21. The molecule has 0 bridgehead atoms. The minimum atomic E-state index is 0.141. The third-order valence-corrected chi connectivity index (χ3v) is 5.69. The molecule has 0 aliphatic rings. The van der Waals surface area contributed by atoms with Gasteiger partial charge in [-0.25, -0.2) is 0 Å². The Bertz CT molecular complexity index is 947. The lowest BCUT2D eigenvalue weighted by atomic mass is 9.84. The highest BCUT2D eigenvalue weighted by molar-refractivity contribution is 5.80. The molecule has 152 valence electrons. The lowest BCUT2D eigenvalue weighted by Crippen LogP contribution is -2.16. The van der Waals surface area contributed by atoms with Crippen LogP contribution >= 0.6 is 0 Å². The summed E-state index contributed by atoms with van der Waals surface area (Å²) < 4.78 is 0. The number of hydrogen-bond acceptors (Lipinski definition) is 1. The average molecular weight is 386 g/mol. The van der Waals surface area contributed by atoms with Gasteiger partial charge >= 0.3 is 0 Å². The van der Waals surface area contributed by atoms with Gasteiger partial charge in [0.05, 0.1) is 5.69 Å². The number of aryl methyl sites for hydroxylation is 3. The molecule has 0 saturated carbocycles. The van der Waals surface area contributed by atoms with E-state index in [1.54, 1.807) is 0 Å². The minimum absolute atomic E-state index is 0.141. The molecule has 0 aromatic heterocycles. The molecule has 3 aromatic carbocycles. The fraction of sp³-hybridized carbons (Fsp3) is 0.357. The summed E-state index contributed by atoms with van der Waals surface area (Å²) in [6.45, 7) is 17.9. The van der Waals surface area contributed by atoms with E-state index in [4.69, 9.17) is 0 Å². The van der Waals surface area contributed by atoms with E-state index in [9.17, 15) is 0 Å². The van der Waals surface area contributed by atoms with Crippen LogP contribution in [0.4, 0.5) is 17.1 Å². The van der Waals surface area contributed by atoms with Gasteiger partial charge in [-0.1, -0.05) is 76.6 Å². The molecule has 0 aliphatic carbocycles. The zero-order valence-electron chi connectivity index (χ0n) is 19.3. The quantitative estimate of drug-likeness (QED) is 0.435. The molecule has 29 heavy (non-hydrogen) atoms. The van der Waals surface area contributed by atoms with Crippen molar-refractivity contribution in [1.29, 1.82) is 0 Å². The van der Waals surface area contributed by atoms with Gasteiger partial charge in [-0.05, 0) is 78.6 Å². The van der Waals surface area contributed by atoms with Crippen molar-refractivity contribution in [1.82, 2.24) is 0 Å². The van der Waals surface area contributed by atoms with Gasteiger partial charge in [-0.3, -0.25) is 0 Å². The topological polar surface area (TPSA) is 3.24 Å². The summed E-state index contributed by atoms with van der Waals surface area (Å²) in [6.07, 6.45) is 0. The predicted octanol–water partition coefficient (Wildman–Crippen LogP) is 8.50. The SMILES string of the molecule is Cc1ccc(N(c2ccc(C(C)C)cc2)c2c(C)cc(C(C)(C)C)cc2C)cc1. The fourth-order valence-corrected chi connectivity index (χ4v) is 3.85. The Morgan fingerprint density at radius 1 is 0.690 bits per heavy atom. The van der Waals surface area contributed by atoms with Gasteiger partial charge in [0.2, 0.25) is 0 Å². The van der Waals surface area contributed by atoms with E-state index in [0.29, 0.717) is 5.92 Å². The number of anilines is 3. The summed E-state index contributed by atoms with van der Waals surface area (Å²) in [5.41, 5.74) is 10.5. The van der Waals surface area contributed by atoms with Crippen molar-refractivity contribution in [3.63, 3.8) is 0 Å². The third-order valence-electron chi connectivity index (χ3n) is 5.69. The summed E-state index contributed by atoms with van der Waals surface area (Å²) in [5, 5.41) is 0. The van der Waals surface area contributed by atoms with Crippen molar-refractivity contribution in [2.45, 2.75) is 66.7 Å². The summed E-state index contributed by atoms with van der Waals surface area (Å²) in [4.78, 5) is 2.40. The number of benzene rings is 3. The second-order valence-electron chi connectivity index (χ2n) is 9.63. The second kappa shape index (κ2) is 8.06. The zero-order chi connectivity index (χ0) is 21.3. The molecule has 0 saturated heterocycles. The Morgan fingerprint density at radius 2 is 1.14 bits per heavy atom. The highest BCUT2D eigenvalue weighted by Crippen LogP contribution is 2.40. The van der Waals surface area contributed by atoms with E-state index in [1.807, 2.05) is 0 Å². The minimum Gasteiger partial charge on any atom is -0.310 e. The maximum Gasteiger partial charge on any atom is 0.0520 e. The monoisotopic (exact) mass is 385 g/mol. The largest absolute Gasteiger partial charge is 0.310 e. The average Bonchev–Trinajstić information content (AvgIpc) is 2.65. The van der Waals surface area contributed by atoms with Gasteiger partial charge < -0.3 is 4.90 Å². The molecule has 0 fully saturated rings. The van der Waals surface area contributed by atoms with Crippen LogP contribution in [0.5, 0.6) is 0 Å². The van der Waals surface area contributed by atoms with Gasteiger partial charge in [-0.2, -0.15) is 0 Å². The third kappa shape index (κ3) is 4.56. The fourth-order valence-electron chi connectivity index (χ4n) is 3.85. The zero-order valence-corrected chi connectivity index (χ0v) is 19.3. The van der Waals surface area contributed by atoms with Crippen LogP contribution in [-0.4, -0.2) is 0 Å². The molecule has 0 radical (unpaired) electrons. The Labute approximate surface area is 177 Å². The van der Waals surface area contributed by atoms with E-state index < -0.39 is 0 Å². The van der Waals surface area contributed by atoms with Crippen LogP contribution in [0.2, 0.25) is 0 Å². The van der Waals surface area contributed by atoms with E-state index >= 15 is 0 Å². The van der Waals surface area contributed by atoms with Crippen molar-refractivity contribution in [2.75, 3.05) is 4.90 Å². The van der Waals surface area contributed by atoms with Crippen molar-refractivity contribution in [3.05, 3.63) is 88.5 Å². The van der Waals surface area contributed by atoms with Gasteiger partial charge in [0.1, 0.15) is 0 Å². The van der Waals surface area contributed by atoms with Crippen LogP contribution in [0, 0.1) is 20.8 Å². The van der Waals surface area contributed by atoms with Gasteiger partial charge in [0.25, 0.3) is 0 Å². The first-order valence-electron chi connectivity index (χ1n) is 10.7. The molecular weight excluding hydrogens is 350 g/mol. The van der Waals surface area contributed by atoms with E-state index in [-0.39, 0.29) is 5.41 Å². The molecule has 0 unspecified atom stereocenters. The van der Waals surface area contributed by atoms with Crippen molar-refractivity contribution >= 4 is 17.1 Å². The Hall–Kier alpha value is -2.54. The van der Waals surface area contributed by atoms with E-state index in [2.05, 4.69) is 121 Å². The smallest absolute Gasteiger partial charge is 0.0520 e. The van der Waals surface area contributed by atoms with Crippen molar-refractivity contribution < 1.29 is 0 Å². The molecule has 0 spiro atoms. The van der Waals surface area contributed by atoms with Crippen LogP contribution in [0.3, 0.4) is 0 Å². The Kier molecular flexibility index (Phi) is 5.89. The maximum atomic E-state index is 2.40. The molecular formula is C28H35N. The lowest BCUT2D eigenvalue weighted by Gasteiger charge is -2.31. The van der Waals surface area contributed by atoms with Crippen molar-refractivity contribution in [3.8, 4) is 0 Å². The molecule has 0 aliphatic heterocycles. The first kappa shape index (κ1) is 21.2. The molecule has 1 heteroatoms. The summed E-state index contributed by atoms with van der Waals surface area (Å²) in [6, 6.07) is 22.6. The van der Waals surface area contributed by atoms with Crippen LogP contribution in [0.1, 0.15) is 68.4 Å². The van der Waals surface area contributed by atoms with Crippen molar-refractivity contribution in [2.24, 2.45) is 0 Å². The Morgan fingerprint density at radius 3 is 1.55 bits per heavy atom. The first-order valence-corrected chi connectivity index (χ1v) is 10.7. The number of rotatable bonds is 4. The van der Waals surface area contributed by atoms with Crippen LogP contribution in [0.25, 0.3) is 0 Å². The van der Waals surface area contributed by atoms with E-state index in [1.165, 1.54) is 44.9 Å². The van der Waals surface area contributed by atoms with Gasteiger partial charge in [0.15, 0.2) is 0 Å². The van der Waals surface area contributed by atoms with Crippen LogP contribution in [-0.2, 0) is 5.41 Å². The van der Waals surface area contributed by atoms with Gasteiger partial charge in [0, 0.05) is 11.4 Å². The molecule has 3 aromatic rings. The molecule has 0 amide bonds. The molecule has 1 nitrogen and oxygen atoms in total.